The van der Waals surface area contributed by atoms with Crippen LogP contribution in [0.2, 0.25) is 5.02 Å². The van der Waals surface area contributed by atoms with Gasteiger partial charge in [0.05, 0.1) is 19.1 Å². The van der Waals surface area contributed by atoms with Crippen molar-refractivity contribution in [3.8, 4) is 11.5 Å². The van der Waals surface area contributed by atoms with E-state index in [1.807, 2.05) is 0 Å². The number of carbonyl (C=O) groups excluding carboxylic acids is 1. The van der Waals surface area contributed by atoms with Crippen LogP contribution >= 0.6 is 11.6 Å². The van der Waals surface area contributed by atoms with Gasteiger partial charge in [0.2, 0.25) is 10.0 Å². The molecule has 0 atom stereocenters. The van der Waals surface area contributed by atoms with E-state index in [2.05, 4.69) is 4.72 Å². The van der Waals surface area contributed by atoms with Gasteiger partial charge in [-0.3, -0.25) is 4.79 Å². The minimum Gasteiger partial charge on any atom is -0.493 e. The van der Waals surface area contributed by atoms with Crippen LogP contribution in [0.25, 0.3) is 0 Å². The number of hydrogen-bond acceptors (Lipinski definition) is 6. The Bertz CT molecular complexity index is 885. The molecule has 0 aliphatic heterocycles. The summed E-state index contributed by atoms with van der Waals surface area (Å²) in [5.41, 5.74) is 0.702. The second kappa shape index (κ2) is 8.88. The molecule has 9 heteroatoms. The van der Waals surface area contributed by atoms with E-state index in [1.54, 1.807) is 24.3 Å². The summed E-state index contributed by atoms with van der Waals surface area (Å²) in [6.45, 7) is -0.505. The van der Waals surface area contributed by atoms with Crippen molar-refractivity contribution in [1.29, 1.82) is 0 Å². The summed E-state index contributed by atoms with van der Waals surface area (Å²) in [5.74, 6) is -0.0553. The minimum absolute atomic E-state index is 0.00250. The molecule has 0 aliphatic rings. The van der Waals surface area contributed by atoms with Gasteiger partial charge in [-0.1, -0.05) is 23.7 Å². The van der Waals surface area contributed by atoms with Crippen molar-refractivity contribution in [3.63, 3.8) is 0 Å². The van der Waals surface area contributed by atoms with E-state index in [-0.39, 0.29) is 17.3 Å². The fourth-order valence-corrected chi connectivity index (χ4v) is 3.26. The molecule has 0 bridgehead atoms. The molecule has 0 saturated heterocycles. The average Bonchev–Trinajstić information content (AvgIpc) is 2.64. The lowest BCUT2D eigenvalue weighted by Crippen LogP contribution is -2.30. The number of ether oxygens (including phenoxy) is 3. The Kier molecular flexibility index (Phi) is 6.84. The summed E-state index contributed by atoms with van der Waals surface area (Å²) < 4.78 is 41.9. The maximum Gasteiger partial charge on any atom is 0.321 e. The van der Waals surface area contributed by atoms with Crippen LogP contribution in [-0.2, 0) is 26.2 Å². The SMILES string of the molecule is COc1ccc(S(=O)(=O)NCC(=O)OCc2cccc(Cl)c2)cc1OC. The second-order valence-corrected chi connectivity index (χ2v) is 7.34. The van der Waals surface area contributed by atoms with E-state index in [9.17, 15) is 13.2 Å². The van der Waals surface area contributed by atoms with Gasteiger partial charge in [0.25, 0.3) is 0 Å². The third-order valence-electron chi connectivity index (χ3n) is 3.36. The number of sulfonamides is 1. The van der Waals surface area contributed by atoms with Gasteiger partial charge in [-0.25, -0.2) is 8.42 Å². The number of esters is 1. The van der Waals surface area contributed by atoms with Gasteiger partial charge in [-0.05, 0) is 29.8 Å². The first-order valence-electron chi connectivity index (χ1n) is 7.47. The number of halogens is 1. The Labute approximate surface area is 156 Å². The first kappa shape index (κ1) is 20.0. The standard InChI is InChI=1S/C17H18ClNO6S/c1-23-15-7-6-14(9-16(15)24-2)26(21,22)19-10-17(20)25-11-12-4-3-5-13(18)8-12/h3-9,19H,10-11H2,1-2H3. The Morgan fingerprint density at radius 2 is 1.81 bits per heavy atom. The fraction of sp³-hybridized carbons (Fsp3) is 0.235. The van der Waals surface area contributed by atoms with E-state index < -0.39 is 22.5 Å². The lowest BCUT2D eigenvalue weighted by Gasteiger charge is -2.11. The monoisotopic (exact) mass is 399 g/mol. The predicted molar refractivity (Wildman–Crippen MR) is 96.0 cm³/mol. The second-order valence-electron chi connectivity index (χ2n) is 5.13. The predicted octanol–water partition coefficient (Wildman–Crippen LogP) is 2.38. The summed E-state index contributed by atoms with van der Waals surface area (Å²) in [5, 5.41) is 0.521. The Morgan fingerprint density at radius 1 is 1.08 bits per heavy atom. The molecule has 0 amide bonds. The molecule has 0 heterocycles. The van der Waals surface area contributed by atoms with Gasteiger partial charge in [-0.15, -0.1) is 0 Å². The largest absolute Gasteiger partial charge is 0.493 e. The molecule has 0 saturated carbocycles. The molecular formula is C17H18ClNO6S. The Morgan fingerprint density at radius 3 is 2.46 bits per heavy atom. The first-order chi connectivity index (χ1) is 12.4. The topological polar surface area (TPSA) is 90.9 Å². The van der Waals surface area contributed by atoms with Gasteiger partial charge in [0, 0.05) is 11.1 Å². The minimum atomic E-state index is -3.91. The van der Waals surface area contributed by atoms with Crippen LogP contribution in [0.15, 0.2) is 47.4 Å². The zero-order chi connectivity index (χ0) is 19.2. The molecule has 2 aromatic carbocycles. The van der Waals surface area contributed by atoms with Gasteiger partial charge in [-0.2, -0.15) is 4.72 Å². The first-order valence-corrected chi connectivity index (χ1v) is 9.33. The van der Waals surface area contributed by atoms with E-state index in [0.29, 0.717) is 16.3 Å². The summed E-state index contributed by atoms with van der Waals surface area (Å²) in [4.78, 5) is 11.7. The van der Waals surface area contributed by atoms with E-state index in [1.165, 1.54) is 32.4 Å². The van der Waals surface area contributed by atoms with Crippen molar-refractivity contribution < 1.29 is 27.4 Å². The third kappa shape index (κ3) is 5.35. The quantitative estimate of drug-likeness (QED) is 0.685. The molecule has 0 radical (unpaired) electrons. The van der Waals surface area contributed by atoms with Crippen molar-refractivity contribution in [2.24, 2.45) is 0 Å². The molecule has 140 valence electrons. The smallest absolute Gasteiger partial charge is 0.321 e. The van der Waals surface area contributed by atoms with Crippen molar-refractivity contribution >= 4 is 27.6 Å². The third-order valence-corrected chi connectivity index (χ3v) is 4.99. The zero-order valence-electron chi connectivity index (χ0n) is 14.2. The number of carbonyl (C=O) groups is 1. The molecule has 0 fully saturated rings. The fourth-order valence-electron chi connectivity index (χ4n) is 2.06. The van der Waals surface area contributed by atoms with Crippen LogP contribution < -0.4 is 14.2 Å². The van der Waals surface area contributed by atoms with Crippen LogP contribution in [0.3, 0.4) is 0 Å². The van der Waals surface area contributed by atoms with Crippen molar-refractivity contribution in [1.82, 2.24) is 4.72 Å². The summed E-state index contributed by atoms with van der Waals surface area (Å²) in [7, 11) is -1.07. The zero-order valence-corrected chi connectivity index (χ0v) is 15.8. The van der Waals surface area contributed by atoms with E-state index >= 15 is 0 Å². The molecule has 2 aromatic rings. The summed E-state index contributed by atoms with van der Waals surface area (Å²) in [6.07, 6.45) is 0. The van der Waals surface area contributed by atoms with Crippen molar-refractivity contribution in [2.45, 2.75) is 11.5 Å². The molecular weight excluding hydrogens is 382 g/mol. The van der Waals surface area contributed by atoms with Crippen LogP contribution in [-0.4, -0.2) is 35.2 Å². The van der Waals surface area contributed by atoms with Gasteiger partial charge in [0.15, 0.2) is 11.5 Å². The number of rotatable bonds is 8. The maximum atomic E-state index is 12.3. The highest BCUT2D eigenvalue weighted by molar-refractivity contribution is 7.89. The number of hydrogen-bond donors (Lipinski definition) is 1. The van der Waals surface area contributed by atoms with Crippen LogP contribution in [0.1, 0.15) is 5.56 Å². The number of methoxy groups -OCH3 is 2. The summed E-state index contributed by atoms with van der Waals surface area (Å²) >= 11 is 5.84. The van der Waals surface area contributed by atoms with Crippen LogP contribution in [0, 0.1) is 0 Å². The number of benzene rings is 2. The Hall–Kier alpha value is -2.29. The average molecular weight is 400 g/mol. The van der Waals surface area contributed by atoms with E-state index in [0.717, 1.165) is 0 Å². The van der Waals surface area contributed by atoms with Gasteiger partial charge < -0.3 is 14.2 Å². The molecule has 0 aliphatic carbocycles. The van der Waals surface area contributed by atoms with E-state index in [4.69, 9.17) is 25.8 Å². The lowest BCUT2D eigenvalue weighted by molar-refractivity contribution is -0.143. The highest BCUT2D eigenvalue weighted by atomic mass is 35.5. The molecule has 0 spiro atoms. The van der Waals surface area contributed by atoms with Crippen molar-refractivity contribution in [2.75, 3.05) is 20.8 Å². The lowest BCUT2D eigenvalue weighted by atomic mass is 10.2. The Balaban J connectivity index is 1.96. The molecule has 0 aromatic heterocycles. The molecule has 0 unspecified atom stereocenters. The van der Waals surface area contributed by atoms with Crippen molar-refractivity contribution in [3.05, 3.63) is 53.1 Å². The maximum absolute atomic E-state index is 12.3. The van der Waals surface area contributed by atoms with Gasteiger partial charge in [0.1, 0.15) is 13.2 Å². The number of nitrogens with one attached hydrogen (secondary N) is 1. The highest BCUT2D eigenvalue weighted by Crippen LogP contribution is 2.29. The normalized spacial score (nSPS) is 11.0. The van der Waals surface area contributed by atoms with Gasteiger partial charge >= 0.3 is 5.97 Å². The summed E-state index contributed by atoms with van der Waals surface area (Å²) in [6, 6.07) is 10.9. The molecule has 7 nitrogen and oxygen atoms in total. The van der Waals surface area contributed by atoms with Crippen LogP contribution in [0.5, 0.6) is 11.5 Å². The molecule has 26 heavy (non-hydrogen) atoms. The molecule has 1 N–H and O–H groups in total. The van der Waals surface area contributed by atoms with Crippen LogP contribution in [0.4, 0.5) is 0 Å². The molecule has 2 rings (SSSR count). The highest BCUT2D eigenvalue weighted by Gasteiger charge is 2.18.